The number of rotatable bonds is 6. The van der Waals surface area contributed by atoms with E-state index in [9.17, 15) is 18.0 Å². The number of amides is 2. The fourth-order valence-corrected chi connectivity index (χ4v) is 6.12. The summed E-state index contributed by atoms with van der Waals surface area (Å²) in [6.45, 7) is 5.27. The summed E-state index contributed by atoms with van der Waals surface area (Å²) in [7, 11) is -3.68. The summed E-state index contributed by atoms with van der Waals surface area (Å²) in [4.78, 5) is 27.1. The Bertz CT molecular complexity index is 942. The average Bonchev–Trinajstić information content (AvgIpc) is 3.53. The summed E-state index contributed by atoms with van der Waals surface area (Å²) in [6, 6.07) is 5.16. The molecule has 0 spiro atoms. The number of nitrogens with one attached hydrogen (secondary N) is 1. The van der Waals surface area contributed by atoms with Crippen molar-refractivity contribution >= 4 is 27.5 Å². The van der Waals surface area contributed by atoms with Crippen LogP contribution >= 0.6 is 0 Å². The van der Waals surface area contributed by atoms with Crippen LogP contribution in [0, 0.1) is 11.8 Å². The molecule has 2 atom stereocenters. The minimum absolute atomic E-state index is 0.0488. The van der Waals surface area contributed by atoms with E-state index >= 15 is 0 Å². The Morgan fingerprint density at radius 1 is 1.17 bits per heavy atom. The van der Waals surface area contributed by atoms with Crippen LogP contribution in [0.4, 0.5) is 5.69 Å². The van der Waals surface area contributed by atoms with Gasteiger partial charge in [0.1, 0.15) is 0 Å². The molecule has 0 radical (unpaired) electrons. The van der Waals surface area contributed by atoms with Gasteiger partial charge in [0.25, 0.3) is 0 Å². The van der Waals surface area contributed by atoms with Crippen LogP contribution in [0.1, 0.15) is 51.5 Å². The standard InChI is InChI=1S/C22H31N3O4S/c1-3-10-23-21(26)17-5-4-11-24(14-17)30(28,29)19-8-9-20-18(13-19)12-15(2)25(20)22(27)16-6-7-16/h8-9,13,15-17H,3-7,10-12,14H2,1-2H3,(H,23,26)/t15-,17+/m0/s1. The molecule has 2 heterocycles. The smallest absolute Gasteiger partial charge is 0.243 e. The minimum Gasteiger partial charge on any atom is -0.356 e. The van der Waals surface area contributed by atoms with Crippen LogP contribution in [-0.4, -0.2) is 50.2 Å². The van der Waals surface area contributed by atoms with Crippen LogP contribution in [0.5, 0.6) is 0 Å². The monoisotopic (exact) mass is 433 g/mol. The van der Waals surface area contributed by atoms with Gasteiger partial charge < -0.3 is 10.2 Å². The van der Waals surface area contributed by atoms with Crippen LogP contribution < -0.4 is 10.2 Å². The predicted molar refractivity (Wildman–Crippen MR) is 115 cm³/mol. The van der Waals surface area contributed by atoms with Crippen molar-refractivity contribution in [2.24, 2.45) is 11.8 Å². The van der Waals surface area contributed by atoms with E-state index in [1.807, 2.05) is 18.7 Å². The molecule has 2 amide bonds. The lowest BCUT2D eigenvalue weighted by atomic mass is 9.99. The maximum Gasteiger partial charge on any atom is 0.243 e. The fraction of sp³-hybridized carbons (Fsp3) is 0.636. The van der Waals surface area contributed by atoms with E-state index in [0.717, 1.165) is 30.5 Å². The molecule has 1 N–H and O–H groups in total. The number of carbonyl (C=O) groups is 2. The number of piperidine rings is 1. The van der Waals surface area contributed by atoms with Crippen molar-refractivity contribution in [1.82, 2.24) is 9.62 Å². The summed E-state index contributed by atoms with van der Waals surface area (Å²) in [5.41, 5.74) is 1.75. The SMILES string of the molecule is CCCNC(=O)[C@@H]1CCCN(S(=O)(=O)c2ccc3c(c2)C[C@H](C)N3C(=O)C2CC2)C1. The van der Waals surface area contributed by atoms with E-state index in [0.29, 0.717) is 32.4 Å². The molecule has 4 rings (SSSR count). The van der Waals surface area contributed by atoms with Crippen LogP contribution in [0.25, 0.3) is 0 Å². The largest absolute Gasteiger partial charge is 0.356 e. The van der Waals surface area contributed by atoms with E-state index < -0.39 is 10.0 Å². The molecule has 8 heteroatoms. The highest BCUT2D eigenvalue weighted by Crippen LogP contribution is 2.40. The van der Waals surface area contributed by atoms with Crippen molar-refractivity contribution in [3.8, 4) is 0 Å². The molecular weight excluding hydrogens is 402 g/mol. The number of sulfonamides is 1. The second-order valence-corrected chi connectivity index (χ2v) is 10.8. The second-order valence-electron chi connectivity index (χ2n) is 8.82. The van der Waals surface area contributed by atoms with Crippen LogP contribution in [0.15, 0.2) is 23.1 Å². The molecule has 0 aromatic heterocycles. The van der Waals surface area contributed by atoms with Gasteiger partial charge in [-0.3, -0.25) is 9.59 Å². The molecule has 1 saturated heterocycles. The second kappa shape index (κ2) is 8.30. The van der Waals surface area contributed by atoms with Crippen molar-refractivity contribution in [1.29, 1.82) is 0 Å². The highest BCUT2D eigenvalue weighted by molar-refractivity contribution is 7.89. The van der Waals surface area contributed by atoms with E-state index in [1.54, 1.807) is 18.2 Å². The maximum absolute atomic E-state index is 13.3. The number of anilines is 1. The van der Waals surface area contributed by atoms with E-state index in [4.69, 9.17) is 0 Å². The summed E-state index contributed by atoms with van der Waals surface area (Å²) in [5.74, 6) is -0.0743. The Kier molecular flexibility index (Phi) is 5.90. The van der Waals surface area contributed by atoms with Crippen molar-refractivity contribution in [3.05, 3.63) is 23.8 Å². The molecule has 1 aromatic rings. The van der Waals surface area contributed by atoms with Gasteiger partial charge >= 0.3 is 0 Å². The molecule has 2 fully saturated rings. The zero-order valence-electron chi connectivity index (χ0n) is 17.8. The van der Waals surface area contributed by atoms with E-state index in [2.05, 4.69) is 5.32 Å². The first-order chi connectivity index (χ1) is 14.3. The Balaban J connectivity index is 1.53. The first-order valence-electron chi connectivity index (χ1n) is 11.1. The van der Waals surface area contributed by atoms with Gasteiger partial charge in [0.2, 0.25) is 21.8 Å². The molecule has 1 aliphatic carbocycles. The molecule has 7 nitrogen and oxygen atoms in total. The average molecular weight is 434 g/mol. The first-order valence-corrected chi connectivity index (χ1v) is 12.5. The van der Waals surface area contributed by atoms with Crippen LogP contribution in [0.3, 0.4) is 0 Å². The number of hydrogen-bond acceptors (Lipinski definition) is 4. The predicted octanol–water partition coefficient (Wildman–Crippen LogP) is 2.30. The zero-order chi connectivity index (χ0) is 21.5. The summed E-state index contributed by atoms with van der Waals surface area (Å²) in [6.07, 6.45) is 4.81. The highest BCUT2D eigenvalue weighted by atomic mass is 32.2. The quantitative estimate of drug-likeness (QED) is 0.746. The van der Waals surface area contributed by atoms with Gasteiger partial charge in [-0.2, -0.15) is 4.31 Å². The van der Waals surface area contributed by atoms with Gasteiger partial charge in [-0.05, 0) is 69.2 Å². The first kappa shape index (κ1) is 21.3. The van der Waals surface area contributed by atoms with Gasteiger partial charge in [0, 0.05) is 37.3 Å². The van der Waals surface area contributed by atoms with Crippen LogP contribution in [0.2, 0.25) is 0 Å². The molecule has 1 aromatic carbocycles. The molecule has 2 aliphatic heterocycles. The normalized spacial score (nSPS) is 24.5. The third-order valence-corrected chi connectivity index (χ3v) is 8.23. The van der Waals surface area contributed by atoms with E-state index in [-0.39, 0.29) is 41.1 Å². The number of fused-ring (bicyclic) bond motifs is 1. The van der Waals surface area contributed by atoms with E-state index in [1.165, 1.54) is 4.31 Å². The fourth-order valence-electron chi connectivity index (χ4n) is 4.55. The van der Waals surface area contributed by atoms with Gasteiger partial charge in [-0.1, -0.05) is 6.92 Å². The lowest BCUT2D eigenvalue weighted by molar-refractivity contribution is -0.126. The number of benzene rings is 1. The molecule has 0 bridgehead atoms. The molecule has 164 valence electrons. The molecule has 30 heavy (non-hydrogen) atoms. The highest BCUT2D eigenvalue weighted by Gasteiger charge is 2.40. The lowest BCUT2D eigenvalue weighted by Gasteiger charge is -2.31. The van der Waals surface area contributed by atoms with Crippen LogP contribution in [-0.2, 0) is 26.0 Å². The third kappa shape index (κ3) is 3.99. The van der Waals surface area contributed by atoms with Gasteiger partial charge in [-0.15, -0.1) is 0 Å². The zero-order valence-corrected chi connectivity index (χ0v) is 18.6. The Morgan fingerprint density at radius 2 is 1.93 bits per heavy atom. The molecular formula is C22H31N3O4S. The van der Waals surface area contributed by atoms with Gasteiger partial charge in [-0.25, -0.2) is 8.42 Å². The van der Waals surface area contributed by atoms with Crippen molar-refractivity contribution in [2.75, 3.05) is 24.5 Å². The summed E-state index contributed by atoms with van der Waals surface area (Å²) >= 11 is 0. The Hall–Kier alpha value is -1.93. The number of hydrogen-bond donors (Lipinski definition) is 1. The Labute approximate surface area is 178 Å². The third-order valence-electron chi connectivity index (χ3n) is 6.37. The maximum atomic E-state index is 13.3. The Morgan fingerprint density at radius 3 is 2.63 bits per heavy atom. The lowest BCUT2D eigenvalue weighted by Crippen LogP contribution is -2.45. The number of carbonyl (C=O) groups excluding carboxylic acids is 2. The minimum atomic E-state index is -3.68. The van der Waals surface area contributed by atoms with Crippen molar-refractivity contribution < 1.29 is 18.0 Å². The molecule has 3 aliphatic rings. The van der Waals surface area contributed by atoms with Gasteiger partial charge in [0.15, 0.2) is 0 Å². The summed E-state index contributed by atoms with van der Waals surface area (Å²) in [5, 5.41) is 2.88. The molecule has 1 saturated carbocycles. The van der Waals surface area contributed by atoms with Crippen molar-refractivity contribution in [3.63, 3.8) is 0 Å². The van der Waals surface area contributed by atoms with Gasteiger partial charge in [0.05, 0.1) is 10.8 Å². The molecule has 0 unspecified atom stereocenters. The van der Waals surface area contributed by atoms with Crippen molar-refractivity contribution in [2.45, 2.75) is 63.3 Å². The topological polar surface area (TPSA) is 86.8 Å². The number of nitrogens with zero attached hydrogens (tertiary/aromatic N) is 2. The summed E-state index contributed by atoms with van der Waals surface area (Å²) < 4.78 is 28.0.